The van der Waals surface area contributed by atoms with Crippen molar-refractivity contribution in [3.63, 3.8) is 0 Å². The lowest BCUT2D eigenvalue weighted by Gasteiger charge is -2.37. The molecule has 5 heteroatoms. The molecule has 3 unspecified atom stereocenters. The molecule has 2 N–H and O–H groups in total. The third kappa shape index (κ3) is 2.88. The summed E-state index contributed by atoms with van der Waals surface area (Å²) in [5.41, 5.74) is 0. The van der Waals surface area contributed by atoms with Gasteiger partial charge in [-0.1, -0.05) is 0 Å². The first kappa shape index (κ1) is 12.2. The van der Waals surface area contributed by atoms with Crippen LogP contribution in [0.2, 0.25) is 0 Å². The fourth-order valence-corrected chi connectivity index (χ4v) is 2.84. The van der Waals surface area contributed by atoms with Crippen molar-refractivity contribution in [3.8, 4) is 0 Å². The van der Waals surface area contributed by atoms with Crippen LogP contribution in [0.3, 0.4) is 0 Å². The Balaban J connectivity index is 1.80. The van der Waals surface area contributed by atoms with E-state index in [-0.39, 0.29) is 6.42 Å². The molecule has 0 bridgehead atoms. The van der Waals surface area contributed by atoms with Crippen molar-refractivity contribution < 1.29 is 13.2 Å². The van der Waals surface area contributed by atoms with Crippen LogP contribution in [-0.4, -0.2) is 31.9 Å². The van der Waals surface area contributed by atoms with E-state index in [2.05, 4.69) is 10.6 Å². The van der Waals surface area contributed by atoms with Crippen molar-refractivity contribution in [1.82, 2.24) is 10.6 Å². The molecule has 0 aromatic carbocycles. The lowest BCUT2D eigenvalue weighted by molar-refractivity contribution is -0.163. The standard InChI is InChI=1S/C11H19F3N2/c12-11(13,14)10-4-3-9(7-16-10)8-2-1-5-15-6-8/h8-10,15-16H,1-7H2. The topological polar surface area (TPSA) is 24.1 Å². The molecule has 2 nitrogen and oxygen atoms in total. The van der Waals surface area contributed by atoms with E-state index in [1.807, 2.05) is 0 Å². The highest BCUT2D eigenvalue weighted by atomic mass is 19.4. The summed E-state index contributed by atoms with van der Waals surface area (Å²) in [6, 6.07) is -1.28. The molecule has 0 aliphatic carbocycles. The third-order valence-electron chi connectivity index (χ3n) is 3.85. The molecule has 2 rings (SSSR count). The molecule has 2 aliphatic rings. The lowest BCUT2D eigenvalue weighted by atomic mass is 9.80. The zero-order valence-corrected chi connectivity index (χ0v) is 9.32. The molecule has 2 fully saturated rings. The van der Waals surface area contributed by atoms with Crippen LogP contribution in [0.1, 0.15) is 25.7 Å². The Bertz CT molecular complexity index is 216. The van der Waals surface area contributed by atoms with Gasteiger partial charge in [0.25, 0.3) is 0 Å². The molecule has 0 aromatic rings. The summed E-state index contributed by atoms with van der Waals surface area (Å²) in [7, 11) is 0. The number of nitrogens with one attached hydrogen (secondary N) is 2. The van der Waals surface area contributed by atoms with Crippen LogP contribution in [0.25, 0.3) is 0 Å². The van der Waals surface area contributed by atoms with Crippen LogP contribution in [0, 0.1) is 11.8 Å². The van der Waals surface area contributed by atoms with Gasteiger partial charge in [0.1, 0.15) is 6.04 Å². The van der Waals surface area contributed by atoms with E-state index in [1.54, 1.807) is 0 Å². The predicted octanol–water partition coefficient (Wildman–Crippen LogP) is 1.92. The Hall–Kier alpha value is -0.290. The minimum atomic E-state index is -4.07. The van der Waals surface area contributed by atoms with Gasteiger partial charge in [0.15, 0.2) is 0 Å². The van der Waals surface area contributed by atoms with Crippen LogP contribution >= 0.6 is 0 Å². The van der Waals surface area contributed by atoms with Gasteiger partial charge in [-0.05, 0) is 57.2 Å². The average Bonchev–Trinajstić information content (AvgIpc) is 2.29. The van der Waals surface area contributed by atoms with Gasteiger partial charge in [0, 0.05) is 0 Å². The summed E-state index contributed by atoms with van der Waals surface area (Å²) < 4.78 is 37.3. The number of halogens is 3. The van der Waals surface area contributed by atoms with E-state index in [1.165, 1.54) is 0 Å². The van der Waals surface area contributed by atoms with E-state index in [0.29, 0.717) is 24.8 Å². The lowest BCUT2D eigenvalue weighted by Crippen LogP contribution is -2.50. The summed E-state index contributed by atoms with van der Waals surface area (Å²) in [6.07, 6.45) is -0.802. The number of alkyl halides is 3. The minimum Gasteiger partial charge on any atom is -0.316 e. The number of hydrogen-bond donors (Lipinski definition) is 2. The number of rotatable bonds is 1. The molecule has 2 saturated heterocycles. The summed E-state index contributed by atoms with van der Waals surface area (Å²) in [4.78, 5) is 0. The summed E-state index contributed by atoms with van der Waals surface area (Å²) >= 11 is 0. The van der Waals surface area contributed by atoms with Crippen LogP contribution in [0.4, 0.5) is 13.2 Å². The molecule has 0 spiro atoms. The van der Waals surface area contributed by atoms with E-state index in [9.17, 15) is 13.2 Å². The monoisotopic (exact) mass is 236 g/mol. The van der Waals surface area contributed by atoms with Gasteiger partial charge >= 0.3 is 6.18 Å². The van der Waals surface area contributed by atoms with E-state index >= 15 is 0 Å². The highest BCUT2D eigenvalue weighted by Crippen LogP contribution is 2.32. The Labute approximate surface area is 94.0 Å². The number of piperidine rings is 2. The van der Waals surface area contributed by atoms with Gasteiger partial charge in [-0.3, -0.25) is 0 Å². The second-order valence-corrected chi connectivity index (χ2v) is 4.95. The van der Waals surface area contributed by atoms with Crippen LogP contribution in [-0.2, 0) is 0 Å². The van der Waals surface area contributed by atoms with Crippen molar-refractivity contribution in [1.29, 1.82) is 0 Å². The van der Waals surface area contributed by atoms with Crippen LogP contribution < -0.4 is 10.6 Å². The number of hydrogen-bond acceptors (Lipinski definition) is 2. The second kappa shape index (κ2) is 4.92. The van der Waals surface area contributed by atoms with Crippen molar-refractivity contribution >= 4 is 0 Å². The van der Waals surface area contributed by atoms with Crippen molar-refractivity contribution in [3.05, 3.63) is 0 Å². The Morgan fingerprint density at radius 1 is 0.938 bits per heavy atom. The summed E-state index contributed by atoms with van der Waals surface area (Å²) in [6.45, 7) is 2.56. The molecule has 94 valence electrons. The second-order valence-electron chi connectivity index (χ2n) is 4.95. The third-order valence-corrected chi connectivity index (χ3v) is 3.85. The van der Waals surface area contributed by atoms with E-state index < -0.39 is 12.2 Å². The summed E-state index contributed by atoms with van der Waals surface area (Å²) in [5, 5.41) is 5.98. The van der Waals surface area contributed by atoms with Gasteiger partial charge in [-0.15, -0.1) is 0 Å². The molecule has 2 heterocycles. The van der Waals surface area contributed by atoms with Gasteiger partial charge in [-0.2, -0.15) is 13.2 Å². The molecule has 0 aromatic heterocycles. The largest absolute Gasteiger partial charge is 0.403 e. The zero-order chi connectivity index (χ0) is 11.6. The molecular formula is C11H19F3N2. The smallest absolute Gasteiger partial charge is 0.316 e. The fourth-order valence-electron chi connectivity index (χ4n) is 2.84. The first-order chi connectivity index (χ1) is 7.57. The molecule has 0 saturated carbocycles. The Morgan fingerprint density at radius 2 is 1.69 bits per heavy atom. The maximum atomic E-state index is 12.4. The molecule has 3 atom stereocenters. The predicted molar refractivity (Wildman–Crippen MR) is 56.2 cm³/mol. The molecule has 0 radical (unpaired) electrons. The Kier molecular flexibility index (Phi) is 3.74. The Morgan fingerprint density at radius 3 is 2.19 bits per heavy atom. The first-order valence-corrected chi connectivity index (χ1v) is 6.08. The van der Waals surface area contributed by atoms with Crippen LogP contribution in [0.5, 0.6) is 0 Å². The molecular weight excluding hydrogens is 217 g/mol. The summed E-state index contributed by atoms with van der Waals surface area (Å²) in [5.74, 6) is 0.988. The normalized spacial score (nSPS) is 37.3. The maximum absolute atomic E-state index is 12.4. The quantitative estimate of drug-likeness (QED) is 0.727. The van der Waals surface area contributed by atoms with Gasteiger partial charge in [0.05, 0.1) is 0 Å². The van der Waals surface area contributed by atoms with Crippen molar-refractivity contribution in [2.24, 2.45) is 11.8 Å². The minimum absolute atomic E-state index is 0.241. The molecule has 0 amide bonds. The molecule has 16 heavy (non-hydrogen) atoms. The average molecular weight is 236 g/mol. The highest BCUT2D eigenvalue weighted by molar-refractivity contribution is 4.87. The van der Waals surface area contributed by atoms with E-state index in [0.717, 1.165) is 25.9 Å². The first-order valence-electron chi connectivity index (χ1n) is 6.08. The van der Waals surface area contributed by atoms with Crippen molar-refractivity contribution in [2.45, 2.75) is 37.9 Å². The highest BCUT2D eigenvalue weighted by Gasteiger charge is 2.42. The van der Waals surface area contributed by atoms with Crippen molar-refractivity contribution in [2.75, 3.05) is 19.6 Å². The van der Waals surface area contributed by atoms with Gasteiger partial charge < -0.3 is 10.6 Å². The SMILES string of the molecule is FC(F)(F)C1CCC(C2CCCNC2)CN1. The maximum Gasteiger partial charge on any atom is 0.403 e. The zero-order valence-electron chi connectivity index (χ0n) is 9.32. The van der Waals surface area contributed by atoms with E-state index in [4.69, 9.17) is 0 Å². The van der Waals surface area contributed by atoms with Gasteiger partial charge in [0.2, 0.25) is 0 Å². The fraction of sp³-hybridized carbons (Fsp3) is 1.00. The van der Waals surface area contributed by atoms with Crippen LogP contribution in [0.15, 0.2) is 0 Å². The van der Waals surface area contributed by atoms with Gasteiger partial charge in [-0.25, -0.2) is 0 Å². The molecule has 2 aliphatic heterocycles.